The van der Waals surface area contributed by atoms with Crippen molar-refractivity contribution < 1.29 is 14.3 Å². The molecule has 0 bridgehead atoms. The van der Waals surface area contributed by atoms with Crippen LogP contribution in [-0.4, -0.2) is 34.3 Å². The summed E-state index contributed by atoms with van der Waals surface area (Å²) in [5.41, 5.74) is 3.93. The molecule has 2 aromatic heterocycles. The summed E-state index contributed by atoms with van der Waals surface area (Å²) >= 11 is 0. The number of rotatable bonds is 7. The van der Waals surface area contributed by atoms with E-state index in [1.807, 2.05) is 42.6 Å². The normalized spacial score (nSPS) is 12.1. The van der Waals surface area contributed by atoms with Gasteiger partial charge in [-0.2, -0.15) is 0 Å². The van der Waals surface area contributed by atoms with Crippen LogP contribution in [-0.2, 0) is 16.1 Å². The van der Waals surface area contributed by atoms with Crippen LogP contribution in [0.4, 0.5) is 0 Å². The third-order valence-corrected chi connectivity index (χ3v) is 4.42. The topological polar surface area (TPSA) is 77.8 Å². The number of benzene rings is 1. The first-order chi connectivity index (χ1) is 13.0. The van der Waals surface area contributed by atoms with Crippen molar-refractivity contribution >= 4 is 11.6 Å². The minimum Gasteiger partial charge on any atom is -0.481 e. The van der Waals surface area contributed by atoms with Crippen LogP contribution < -0.4 is 10.1 Å². The molecule has 1 N–H and O–H groups in total. The molecule has 0 saturated carbocycles. The molecule has 0 spiro atoms. The molecule has 1 aromatic carbocycles. The van der Waals surface area contributed by atoms with Crippen LogP contribution >= 0.6 is 0 Å². The van der Waals surface area contributed by atoms with Crippen LogP contribution in [0.2, 0.25) is 0 Å². The standard InChI is InChI=1S/C20H24N4O3/c1-13-9-16(10-14(2)19(13)27-12-18(25)26-4)11-21-15(3)20-23-22-17-7-5-6-8-24(17)20/h5-10,15,21H,11-12H2,1-4H3. The predicted molar refractivity (Wildman–Crippen MR) is 102 cm³/mol. The second kappa shape index (κ2) is 8.18. The number of ether oxygens (including phenoxy) is 2. The van der Waals surface area contributed by atoms with Gasteiger partial charge in [0.1, 0.15) is 5.75 Å². The van der Waals surface area contributed by atoms with Crippen LogP contribution in [0.1, 0.15) is 35.5 Å². The Balaban J connectivity index is 1.68. The zero-order valence-corrected chi connectivity index (χ0v) is 16.0. The fourth-order valence-electron chi connectivity index (χ4n) is 3.08. The highest BCUT2D eigenvalue weighted by Gasteiger charge is 2.14. The fraction of sp³-hybridized carbons (Fsp3) is 0.350. The number of aromatic nitrogens is 3. The molecular formula is C20H24N4O3. The van der Waals surface area contributed by atoms with Gasteiger partial charge in [0.15, 0.2) is 18.1 Å². The van der Waals surface area contributed by atoms with Gasteiger partial charge in [-0.05, 0) is 49.6 Å². The van der Waals surface area contributed by atoms with E-state index in [1.165, 1.54) is 7.11 Å². The lowest BCUT2D eigenvalue weighted by Gasteiger charge is -2.16. The van der Waals surface area contributed by atoms with Crippen molar-refractivity contribution in [2.24, 2.45) is 0 Å². The quantitative estimate of drug-likeness (QED) is 0.646. The van der Waals surface area contributed by atoms with Gasteiger partial charge in [0.2, 0.25) is 0 Å². The second-order valence-corrected chi connectivity index (χ2v) is 6.51. The Hall–Kier alpha value is -2.93. The molecule has 7 nitrogen and oxygen atoms in total. The van der Waals surface area contributed by atoms with E-state index in [-0.39, 0.29) is 12.6 Å². The first kappa shape index (κ1) is 18.8. The molecule has 3 aromatic rings. The Morgan fingerprint density at radius 3 is 2.67 bits per heavy atom. The zero-order valence-electron chi connectivity index (χ0n) is 16.0. The zero-order chi connectivity index (χ0) is 19.4. The van der Waals surface area contributed by atoms with Crippen LogP contribution in [0, 0.1) is 13.8 Å². The maximum Gasteiger partial charge on any atom is 0.343 e. The molecule has 0 aliphatic heterocycles. The van der Waals surface area contributed by atoms with Gasteiger partial charge in [0, 0.05) is 12.7 Å². The van der Waals surface area contributed by atoms with Crippen molar-refractivity contribution in [2.75, 3.05) is 13.7 Å². The number of nitrogens with one attached hydrogen (secondary N) is 1. The fourth-order valence-corrected chi connectivity index (χ4v) is 3.08. The number of aryl methyl sites for hydroxylation is 2. The van der Waals surface area contributed by atoms with Gasteiger partial charge in [-0.15, -0.1) is 10.2 Å². The van der Waals surface area contributed by atoms with Gasteiger partial charge in [-0.25, -0.2) is 4.79 Å². The summed E-state index contributed by atoms with van der Waals surface area (Å²) in [6, 6.07) is 10.00. The van der Waals surface area contributed by atoms with Crippen LogP contribution in [0.15, 0.2) is 36.5 Å². The van der Waals surface area contributed by atoms with Crippen molar-refractivity contribution in [2.45, 2.75) is 33.4 Å². The largest absolute Gasteiger partial charge is 0.481 e. The third-order valence-electron chi connectivity index (χ3n) is 4.42. The van der Waals surface area contributed by atoms with Crippen molar-refractivity contribution in [3.05, 3.63) is 59.0 Å². The highest BCUT2D eigenvalue weighted by atomic mass is 16.6. The van der Waals surface area contributed by atoms with Crippen molar-refractivity contribution in [3.63, 3.8) is 0 Å². The molecule has 7 heteroatoms. The number of hydrogen-bond acceptors (Lipinski definition) is 6. The first-order valence-corrected chi connectivity index (χ1v) is 8.82. The lowest BCUT2D eigenvalue weighted by atomic mass is 10.1. The molecule has 1 unspecified atom stereocenters. The number of pyridine rings is 1. The van der Waals surface area contributed by atoms with Gasteiger partial charge in [0.25, 0.3) is 0 Å². The summed E-state index contributed by atoms with van der Waals surface area (Å²) in [6.45, 7) is 6.60. The SMILES string of the molecule is COC(=O)COc1c(C)cc(CNC(C)c2nnc3ccccn23)cc1C. The Labute approximate surface area is 158 Å². The molecule has 0 radical (unpaired) electrons. The summed E-state index contributed by atoms with van der Waals surface area (Å²) in [5.74, 6) is 1.20. The Bertz CT molecular complexity index is 928. The van der Waals surface area contributed by atoms with Gasteiger partial charge in [-0.1, -0.05) is 18.2 Å². The second-order valence-electron chi connectivity index (χ2n) is 6.51. The summed E-state index contributed by atoms with van der Waals surface area (Å²) < 4.78 is 12.2. The molecule has 0 fully saturated rings. The van der Waals surface area contributed by atoms with E-state index in [4.69, 9.17) is 4.74 Å². The monoisotopic (exact) mass is 368 g/mol. The number of nitrogens with zero attached hydrogens (tertiary/aromatic N) is 3. The van der Waals surface area contributed by atoms with Gasteiger partial charge in [-0.3, -0.25) is 4.40 Å². The maximum absolute atomic E-state index is 11.3. The predicted octanol–water partition coefficient (Wildman–Crippen LogP) is 2.75. The maximum atomic E-state index is 11.3. The molecule has 0 aliphatic rings. The molecule has 0 amide bonds. The number of methoxy groups -OCH3 is 1. The molecule has 1 atom stereocenters. The number of fused-ring (bicyclic) bond motifs is 1. The van der Waals surface area contributed by atoms with E-state index < -0.39 is 5.97 Å². The molecule has 27 heavy (non-hydrogen) atoms. The average molecular weight is 368 g/mol. The molecule has 0 aliphatic carbocycles. The summed E-state index contributed by atoms with van der Waals surface area (Å²) in [4.78, 5) is 11.3. The van der Waals surface area contributed by atoms with E-state index in [2.05, 4.69) is 39.3 Å². The molecule has 142 valence electrons. The number of carbonyl (C=O) groups is 1. The van der Waals surface area contributed by atoms with Crippen LogP contribution in [0.25, 0.3) is 5.65 Å². The first-order valence-electron chi connectivity index (χ1n) is 8.82. The van der Waals surface area contributed by atoms with Crippen molar-refractivity contribution in [3.8, 4) is 5.75 Å². The average Bonchev–Trinajstić information content (AvgIpc) is 3.09. The lowest BCUT2D eigenvalue weighted by molar-refractivity contribution is -0.142. The summed E-state index contributed by atoms with van der Waals surface area (Å²) in [6.07, 6.45) is 1.96. The van der Waals surface area contributed by atoms with Crippen molar-refractivity contribution in [1.29, 1.82) is 0 Å². The highest BCUT2D eigenvalue weighted by Crippen LogP contribution is 2.25. The summed E-state index contributed by atoms with van der Waals surface area (Å²) in [5, 5.41) is 12.0. The van der Waals surface area contributed by atoms with Crippen molar-refractivity contribution in [1.82, 2.24) is 19.9 Å². The van der Waals surface area contributed by atoms with E-state index >= 15 is 0 Å². The highest BCUT2D eigenvalue weighted by molar-refractivity contribution is 5.71. The number of esters is 1. The minimum atomic E-state index is -0.395. The smallest absolute Gasteiger partial charge is 0.343 e. The molecular weight excluding hydrogens is 344 g/mol. The molecule has 0 saturated heterocycles. The van der Waals surface area contributed by atoms with E-state index in [1.54, 1.807) is 0 Å². The Kier molecular flexibility index (Phi) is 5.71. The molecule has 2 heterocycles. The van der Waals surface area contributed by atoms with E-state index in [0.717, 1.165) is 33.9 Å². The van der Waals surface area contributed by atoms with Crippen LogP contribution in [0.3, 0.4) is 0 Å². The lowest BCUT2D eigenvalue weighted by Crippen LogP contribution is -2.20. The Morgan fingerprint density at radius 2 is 1.96 bits per heavy atom. The van der Waals surface area contributed by atoms with Gasteiger partial charge >= 0.3 is 5.97 Å². The Morgan fingerprint density at radius 1 is 1.22 bits per heavy atom. The third kappa shape index (κ3) is 4.25. The number of hydrogen-bond donors (Lipinski definition) is 1. The number of carbonyl (C=O) groups excluding carboxylic acids is 1. The van der Waals surface area contributed by atoms with Gasteiger partial charge in [0.05, 0.1) is 13.2 Å². The summed E-state index contributed by atoms with van der Waals surface area (Å²) in [7, 11) is 1.35. The van der Waals surface area contributed by atoms with Crippen LogP contribution in [0.5, 0.6) is 5.75 Å². The minimum absolute atomic E-state index is 0.0401. The molecule has 3 rings (SSSR count). The van der Waals surface area contributed by atoms with E-state index in [9.17, 15) is 4.79 Å². The van der Waals surface area contributed by atoms with Gasteiger partial charge < -0.3 is 14.8 Å². The van der Waals surface area contributed by atoms with E-state index in [0.29, 0.717) is 6.54 Å².